The van der Waals surface area contributed by atoms with Gasteiger partial charge in [0.25, 0.3) is 0 Å². The van der Waals surface area contributed by atoms with Crippen LogP contribution in [0.3, 0.4) is 0 Å². The summed E-state index contributed by atoms with van der Waals surface area (Å²) >= 11 is 3.65. The molecule has 0 saturated carbocycles. The molecule has 59 heavy (non-hydrogen) atoms. The number of benzene rings is 8. The molecular weight excluding hydrogens is 765 g/mol. The van der Waals surface area contributed by atoms with Gasteiger partial charge in [0, 0.05) is 29.9 Å². The Balaban J connectivity index is 1.28. The highest BCUT2D eigenvalue weighted by Gasteiger charge is 2.48. The van der Waals surface area contributed by atoms with Gasteiger partial charge in [-0.25, -0.2) is 0 Å². The summed E-state index contributed by atoms with van der Waals surface area (Å²) in [6.45, 7) is 0.269. The summed E-state index contributed by atoms with van der Waals surface area (Å²) in [5.74, 6) is 1.48. The van der Waals surface area contributed by atoms with E-state index in [0.29, 0.717) is 0 Å². The lowest BCUT2D eigenvalue weighted by Gasteiger charge is -2.36. The van der Waals surface area contributed by atoms with Crippen molar-refractivity contribution in [2.24, 2.45) is 0 Å². The topological polar surface area (TPSA) is 58.9 Å². The maximum Gasteiger partial charge on any atom is 0.127 e. The Bertz CT molecular complexity index is 2950. The fourth-order valence-corrected chi connectivity index (χ4v) is 11.5. The van der Waals surface area contributed by atoms with Crippen molar-refractivity contribution in [3.63, 3.8) is 0 Å². The van der Waals surface area contributed by atoms with E-state index in [-0.39, 0.29) is 26.4 Å². The van der Waals surface area contributed by atoms with Gasteiger partial charge < -0.3 is 19.7 Å². The minimum absolute atomic E-state index is 0.0710. The number of hydrogen-bond donors (Lipinski definition) is 2. The fraction of sp³-hybridized carbons (Fsp3) is 0.0943. The van der Waals surface area contributed by atoms with Crippen molar-refractivity contribution in [1.82, 2.24) is 0 Å². The molecule has 0 radical (unpaired) electrons. The first-order chi connectivity index (χ1) is 29.1. The molecule has 0 unspecified atom stereocenters. The Hall–Kier alpha value is -6.28. The van der Waals surface area contributed by atoms with Crippen LogP contribution in [0.4, 0.5) is 0 Å². The second-order valence-electron chi connectivity index (χ2n) is 15.0. The molecule has 0 amide bonds. The van der Waals surface area contributed by atoms with Crippen LogP contribution in [0.5, 0.6) is 11.5 Å². The third-order valence-electron chi connectivity index (χ3n) is 11.8. The standard InChI is InChI=1S/C53H38O4S2/c54-25-27-56-47-23-21-43(37-11-3-5-13-41(37)47)53(44-22-24-48(57-28-26-55)42-14-6-4-12-38(42)44)45-29-35(51-31-33-9-1-7-15-49(33)58-51)17-19-39(45)40-20-18-36(30-46(40)53)52-32-34-10-2-8-16-50(34)59-52/h1-24,29-32,54-55H,25-28H2. The molecule has 8 aromatic carbocycles. The summed E-state index contributed by atoms with van der Waals surface area (Å²) in [7, 11) is 0. The molecule has 10 aromatic rings. The van der Waals surface area contributed by atoms with E-state index in [0.717, 1.165) is 44.2 Å². The Morgan fingerprint density at radius 2 is 0.831 bits per heavy atom. The molecule has 1 aliphatic rings. The first-order valence-electron chi connectivity index (χ1n) is 19.9. The maximum absolute atomic E-state index is 9.80. The quantitative estimate of drug-likeness (QED) is 0.145. The molecule has 0 spiro atoms. The summed E-state index contributed by atoms with van der Waals surface area (Å²) < 4.78 is 15.0. The number of rotatable bonds is 10. The average molecular weight is 803 g/mol. The third kappa shape index (κ3) is 5.70. The molecule has 0 atom stereocenters. The van der Waals surface area contributed by atoms with Crippen LogP contribution in [0.1, 0.15) is 22.3 Å². The van der Waals surface area contributed by atoms with Crippen LogP contribution in [-0.4, -0.2) is 36.6 Å². The first-order valence-corrected chi connectivity index (χ1v) is 21.6. The smallest absolute Gasteiger partial charge is 0.127 e. The van der Waals surface area contributed by atoms with Gasteiger partial charge in [-0.15, -0.1) is 22.7 Å². The second kappa shape index (κ2) is 14.5. The SMILES string of the molecule is OCCOc1ccc(C2(c3ccc(OCCO)c4ccccc34)c3cc(-c4cc5ccccc5s4)ccc3-c3ccc(-c4cc5ccccc5s4)cc32)c2ccccc12. The van der Waals surface area contributed by atoms with E-state index < -0.39 is 5.41 Å². The molecule has 0 fully saturated rings. The predicted molar refractivity (Wildman–Crippen MR) is 246 cm³/mol. The van der Waals surface area contributed by atoms with E-state index >= 15 is 0 Å². The number of aliphatic hydroxyl groups is 2. The molecule has 1 aliphatic carbocycles. The van der Waals surface area contributed by atoms with E-state index in [1.165, 1.54) is 63.3 Å². The van der Waals surface area contributed by atoms with Crippen LogP contribution in [0, 0.1) is 0 Å². The minimum Gasteiger partial charge on any atom is -0.491 e. The predicted octanol–water partition coefficient (Wildman–Crippen LogP) is 12.9. The molecule has 4 nitrogen and oxygen atoms in total. The largest absolute Gasteiger partial charge is 0.491 e. The normalized spacial score (nSPS) is 13.0. The summed E-state index contributed by atoms with van der Waals surface area (Å²) in [5, 5.41) is 26.2. The Kier molecular flexibility index (Phi) is 8.82. The average Bonchev–Trinajstić information content (AvgIpc) is 4.00. The van der Waals surface area contributed by atoms with Gasteiger partial charge in [-0.2, -0.15) is 0 Å². The number of ether oxygens (including phenoxy) is 2. The van der Waals surface area contributed by atoms with Gasteiger partial charge in [0.05, 0.1) is 18.6 Å². The van der Waals surface area contributed by atoms with Gasteiger partial charge in [0.15, 0.2) is 0 Å². The molecule has 11 rings (SSSR count). The molecule has 0 saturated heterocycles. The van der Waals surface area contributed by atoms with Gasteiger partial charge in [0.2, 0.25) is 0 Å². The van der Waals surface area contributed by atoms with E-state index in [1.807, 2.05) is 22.7 Å². The van der Waals surface area contributed by atoms with Crippen LogP contribution in [0.15, 0.2) is 170 Å². The van der Waals surface area contributed by atoms with E-state index in [9.17, 15) is 10.2 Å². The number of fused-ring (bicyclic) bond motifs is 7. The zero-order valence-electron chi connectivity index (χ0n) is 32.0. The van der Waals surface area contributed by atoms with Crippen LogP contribution in [-0.2, 0) is 5.41 Å². The lowest BCUT2D eigenvalue weighted by molar-refractivity contribution is 0.203. The third-order valence-corrected chi connectivity index (χ3v) is 14.2. The van der Waals surface area contributed by atoms with Gasteiger partial charge >= 0.3 is 0 Å². The molecular formula is C53H38O4S2. The van der Waals surface area contributed by atoms with Crippen molar-refractivity contribution in [2.45, 2.75) is 5.41 Å². The lowest BCUT2D eigenvalue weighted by atomic mass is 9.65. The summed E-state index contributed by atoms with van der Waals surface area (Å²) in [6, 6.07) is 61.6. The Morgan fingerprint density at radius 3 is 1.27 bits per heavy atom. The van der Waals surface area contributed by atoms with Crippen LogP contribution in [0.2, 0.25) is 0 Å². The highest BCUT2D eigenvalue weighted by atomic mass is 32.1. The fourth-order valence-electron chi connectivity index (χ4n) is 9.36. The van der Waals surface area contributed by atoms with Crippen molar-refractivity contribution >= 4 is 64.4 Å². The van der Waals surface area contributed by atoms with Crippen LogP contribution >= 0.6 is 22.7 Å². The van der Waals surface area contributed by atoms with Crippen molar-refractivity contribution < 1.29 is 19.7 Å². The second-order valence-corrected chi connectivity index (χ2v) is 17.2. The van der Waals surface area contributed by atoms with Crippen molar-refractivity contribution in [3.8, 4) is 43.5 Å². The molecule has 0 bridgehead atoms. The molecule has 2 N–H and O–H groups in total. The van der Waals surface area contributed by atoms with Gasteiger partial charge in [-0.1, -0.05) is 121 Å². The molecule has 0 aliphatic heterocycles. The van der Waals surface area contributed by atoms with Crippen LogP contribution in [0.25, 0.3) is 73.7 Å². The first kappa shape index (κ1) is 35.8. The zero-order chi connectivity index (χ0) is 39.5. The summed E-state index contributed by atoms with van der Waals surface area (Å²) in [4.78, 5) is 2.44. The summed E-state index contributed by atoms with van der Waals surface area (Å²) in [5.41, 5.74) is 8.62. The highest BCUT2D eigenvalue weighted by molar-refractivity contribution is 7.22. The van der Waals surface area contributed by atoms with Crippen LogP contribution < -0.4 is 9.47 Å². The van der Waals surface area contributed by atoms with E-state index in [4.69, 9.17) is 9.47 Å². The monoisotopic (exact) mass is 802 g/mol. The molecule has 2 heterocycles. The van der Waals surface area contributed by atoms with Crippen molar-refractivity contribution in [1.29, 1.82) is 0 Å². The lowest BCUT2D eigenvalue weighted by Crippen LogP contribution is -2.29. The Morgan fingerprint density at radius 1 is 0.407 bits per heavy atom. The Labute approximate surface area is 349 Å². The number of hydrogen-bond acceptors (Lipinski definition) is 6. The highest BCUT2D eigenvalue weighted by Crippen LogP contribution is 2.60. The van der Waals surface area contributed by atoms with E-state index in [1.54, 1.807) is 0 Å². The zero-order valence-corrected chi connectivity index (χ0v) is 33.7. The number of thiophene rings is 2. The van der Waals surface area contributed by atoms with Gasteiger partial charge in [0.1, 0.15) is 24.7 Å². The molecule has 2 aromatic heterocycles. The molecule has 286 valence electrons. The van der Waals surface area contributed by atoms with Gasteiger partial charge in [-0.3, -0.25) is 0 Å². The van der Waals surface area contributed by atoms with Crippen molar-refractivity contribution in [2.75, 3.05) is 26.4 Å². The van der Waals surface area contributed by atoms with E-state index in [2.05, 4.69) is 170 Å². The van der Waals surface area contributed by atoms with Crippen molar-refractivity contribution in [3.05, 3.63) is 192 Å². The minimum atomic E-state index is -0.811. The maximum atomic E-state index is 9.80. The van der Waals surface area contributed by atoms with Gasteiger partial charge in [-0.05, 0) is 115 Å². The summed E-state index contributed by atoms with van der Waals surface area (Å²) in [6.07, 6.45) is 0. The number of aliphatic hydroxyl groups excluding tert-OH is 2. The molecule has 6 heteroatoms.